The fraction of sp³-hybridized carbons (Fsp3) is 0.435. The van der Waals surface area contributed by atoms with Crippen LogP contribution in [0.3, 0.4) is 0 Å². The lowest BCUT2D eigenvalue weighted by molar-refractivity contribution is -0.116. The first-order valence-corrected chi connectivity index (χ1v) is 12.9. The molecule has 2 saturated carbocycles. The predicted molar refractivity (Wildman–Crippen MR) is 124 cm³/mol. The number of fused-ring (bicyclic) bond motifs is 1. The standard InChI is InChI=1S/C23H24N4O3S2/c28-21(14-32-23-25-24-22(15-3-4-15)27(23)16-5-6-16)26(13-18-2-1-11-31-18)17-7-8-19-20(12-17)30-10-9-29-19/h1-2,7-8,11-12,15-16H,3-6,9-10,13-14H2. The molecule has 3 heterocycles. The summed E-state index contributed by atoms with van der Waals surface area (Å²) in [5, 5.41) is 11.8. The normalized spacial score (nSPS) is 17.4. The van der Waals surface area contributed by atoms with E-state index in [1.165, 1.54) is 37.4 Å². The first kappa shape index (κ1) is 20.1. The SMILES string of the molecule is O=C(CSc1nnc(C2CC2)n1C1CC1)N(Cc1cccs1)c1ccc2c(c1)OCCO2. The van der Waals surface area contributed by atoms with Gasteiger partial charge in [-0.15, -0.1) is 21.5 Å². The van der Waals surface area contributed by atoms with E-state index in [9.17, 15) is 4.79 Å². The van der Waals surface area contributed by atoms with E-state index in [0.717, 1.165) is 27.3 Å². The van der Waals surface area contributed by atoms with Crippen molar-refractivity contribution in [1.29, 1.82) is 0 Å². The largest absolute Gasteiger partial charge is 0.486 e. The number of carbonyl (C=O) groups is 1. The van der Waals surface area contributed by atoms with E-state index in [-0.39, 0.29) is 5.91 Å². The van der Waals surface area contributed by atoms with Crippen molar-refractivity contribution in [2.45, 2.75) is 49.3 Å². The van der Waals surface area contributed by atoms with Gasteiger partial charge in [0.25, 0.3) is 0 Å². The van der Waals surface area contributed by atoms with Crippen molar-refractivity contribution in [2.75, 3.05) is 23.9 Å². The van der Waals surface area contributed by atoms with E-state index >= 15 is 0 Å². The molecule has 0 bridgehead atoms. The zero-order valence-electron chi connectivity index (χ0n) is 17.6. The highest BCUT2D eigenvalue weighted by Gasteiger charge is 2.36. The maximum atomic E-state index is 13.4. The minimum Gasteiger partial charge on any atom is -0.486 e. The summed E-state index contributed by atoms with van der Waals surface area (Å²) < 4.78 is 13.7. The van der Waals surface area contributed by atoms with Crippen molar-refractivity contribution < 1.29 is 14.3 Å². The highest BCUT2D eigenvalue weighted by Crippen LogP contribution is 2.46. The third kappa shape index (κ3) is 4.11. The lowest BCUT2D eigenvalue weighted by atomic mass is 10.2. The molecule has 0 radical (unpaired) electrons. The van der Waals surface area contributed by atoms with Gasteiger partial charge in [0, 0.05) is 28.6 Å². The second-order valence-corrected chi connectivity index (χ2v) is 10.4. The Kier molecular flexibility index (Phi) is 5.30. The molecule has 0 spiro atoms. The zero-order chi connectivity index (χ0) is 21.5. The Labute approximate surface area is 194 Å². The van der Waals surface area contributed by atoms with E-state index in [0.29, 0.717) is 43.2 Å². The van der Waals surface area contributed by atoms with Crippen LogP contribution in [0.4, 0.5) is 5.69 Å². The highest BCUT2D eigenvalue weighted by molar-refractivity contribution is 7.99. The lowest BCUT2D eigenvalue weighted by Crippen LogP contribution is -2.32. The van der Waals surface area contributed by atoms with Gasteiger partial charge in [-0.1, -0.05) is 17.8 Å². The van der Waals surface area contributed by atoms with Crippen LogP contribution >= 0.6 is 23.1 Å². The molecule has 32 heavy (non-hydrogen) atoms. The van der Waals surface area contributed by atoms with Crippen LogP contribution in [0.15, 0.2) is 40.9 Å². The van der Waals surface area contributed by atoms with Crippen molar-refractivity contribution in [3.8, 4) is 11.5 Å². The predicted octanol–water partition coefficient (Wildman–Crippen LogP) is 4.65. The van der Waals surface area contributed by atoms with Gasteiger partial charge in [-0.2, -0.15) is 0 Å². The van der Waals surface area contributed by atoms with Crippen molar-refractivity contribution in [3.05, 3.63) is 46.4 Å². The molecule has 7 nitrogen and oxygen atoms in total. The van der Waals surface area contributed by atoms with Crippen molar-refractivity contribution in [2.24, 2.45) is 0 Å². The van der Waals surface area contributed by atoms with Crippen LogP contribution in [-0.4, -0.2) is 39.6 Å². The molecule has 2 aliphatic carbocycles. The van der Waals surface area contributed by atoms with Gasteiger partial charge in [-0.05, 0) is 49.3 Å². The van der Waals surface area contributed by atoms with E-state index in [4.69, 9.17) is 9.47 Å². The smallest absolute Gasteiger partial charge is 0.237 e. The maximum absolute atomic E-state index is 13.4. The van der Waals surface area contributed by atoms with Crippen LogP contribution in [-0.2, 0) is 11.3 Å². The molecule has 3 aliphatic rings. The average Bonchev–Trinajstić information content (AvgIpc) is 3.75. The molecule has 0 unspecified atom stereocenters. The quantitative estimate of drug-likeness (QED) is 0.448. The summed E-state index contributed by atoms with van der Waals surface area (Å²) in [6.07, 6.45) is 4.77. The molecule has 1 aliphatic heterocycles. The molecule has 6 rings (SSSR count). The van der Waals surface area contributed by atoms with Gasteiger partial charge in [0.05, 0.1) is 12.3 Å². The Morgan fingerprint density at radius 1 is 1.12 bits per heavy atom. The summed E-state index contributed by atoms with van der Waals surface area (Å²) in [4.78, 5) is 16.4. The number of ether oxygens (including phenoxy) is 2. The third-order valence-corrected chi connectivity index (χ3v) is 7.69. The van der Waals surface area contributed by atoms with Gasteiger partial charge in [0.1, 0.15) is 19.0 Å². The first-order chi connectivity index (χ1) is 15.8. The number of rotatable bonds is 8. The molecular weight excluding hydrogens is 444 g/mol. The summed E-state index contributed by atoms with van der Waals surface area (Å²) in [5.41, 5.74) is 0.815. The molecule has 166 valence electrons. The van der Waals surface area contributed by atoms with Crippen LogP contribution < -0.4 is 14.4 Å². The molecule has 3 aromatic rings. The number of aromatic nitrogens is 3. The van der Waals surface area contributed by atoms with Crippen molar-refractivity contribution in [1.82, 2.24) is 14.8 Å². The molecular formula is C23H24N4O3S2. The number of thioether (sulfide) groups is 1. The van der Waals surface area contributed by atoms with E-state index in [1.807, 2.05) is 34.5 Å². The molecule has 2 fully saturated rings. The Morgan fingerprint density at radius 3 is 2.72 bits per heavy atom. The third-order valence-electron chi connectivity index (χ3n) is 5.90. The molecule has 0 atom stereocenters. The fourth-order valence-corrected chi connectivity index (χ4v) is 5.55. The highest BCUT2D eigenvalue weighted by atomic mass is 32.2. The van der Waals surface area contributed by atoms with Gasteiger partial charge in [0.2, 0.25) is 5.91 Å². The minimum atomic E-state index is 0.0402. The molecule has 9 heteroatoms. The van der Waals surface area contributed by atoms with E-state index < -0.39 is 0 Å². The molecule has 0 saturated heterocycles. The number of anilines is 1. The Balaban J connectivity index is 1.23. The number of thiophene rings is 1. The second kappa shape index (κ2) is 8.44. The Hall–Kier alpha value is -2.52. The zero-order valence-corrected chi connectivity index (χ0v) is 19.2. The summed E-state index contributed by atoms with van der Waals surface area (Å²) in [7, 11) is 0. The topological polar surface area (TPSA) is 69.5 Å². The van der Waals surface area contributed by atoms with Gasteiger partial charge in [-0.3, -0.25) is 4.79 Å². The van der Waals surface area contributed by atoms with Crippen LogP contribution in [0, 0.1) is 0 Å². The van der Waals surface area contributed by atoms with E-state index in [1.54, 1.807) is 11.3 Å². The van der Waals surface area contributed by atoms with Gasteiger partial charge < -0.3 is 18.9 Å². The minimum absolute atomic E-state index is 0.0402. The summed E-state index contributed by atoms with van der Waals surface area (Å²) >= 11 is 3.15. The summed E-state index contributed by atoms with van der Waals surface area (Å²) in [6.45, 7) is 1.59. The number of carbonyl (C=O) groups excluding carboxylic acids is 1. The molecule has 0 N–H and O–H groups in total. The maximum Gasteiger partial charge on any atom is 0.237 e. The first-order valence-electron chi connectivity index (χ1n) is 11.1. The van der Waals surface area contributed by atoms with Crippen LogP contribution in [0.25, 0.3) is 0 Å². The fourth-order valence-electron chi connectivity index (χ4n) is 3.97. The van der Waals surface area contributed by atoms with Gasteiger partial charge in [0.15, 0.2) is 16.7 Å². The molecule has 2 aromatic heterocycles. The van der Waals surface area contributed by atoms with Crippen molar-refractivity contribution in [3.63, 3.8) is 0 Å². The number of hydrogen-bond acceptors (Lipinski definition) is 7. The van der Waals surface area contributed by atoms with Crippen molar-refractivity contribution >= 4 is 34.7 Å². The summed E-state index contributed by atoms with van der Waals surface area (Å²) in [6, 6.07) is 10.3. The summed E-state index contributed by atoms with van der Waals surface area (Å²) in [5.74, 6) is 3.44. The molecule has 1 aromatic carbocycles. The lowest BCUT2D eigenvalue weighted by Gasteiger charge is -2.25. The Bertz CT molecular complexity index is 1120. The number of amides is 1. The van der Waals surface area contributed by atoms with E-state index in [2.05, 4.69) is 20.8 Å². The van der Waals surface area contributed by atoms with Crippen LogP contribution in [0.2, 0.25) is 0 Å². The van der Waals surface area contributed by atoms with Gasteiger partial charge >= 0.3 is 0 Å². The average molecular weight is 469 g/mol. The number of nitrogens with zero attached hydrogens (tertiary/aromatic N) is 4. The number of hydrogen-bond donors (Lipinski definition) is 0. The monoisotopic (exact) mass is 468 g/mol. The second-order valence-electron chi connectivity index (χ2n) is 8.39. The molecule has 1 amide bonds. The van der Waals surface area contributed by atoms with Gasteiger partial charge in [-0.25, -0.2) is 0 Å². The number of benzene rings is 1. The Morgan fingerprint density at radius 2 is 1.97 bits per heavy atom. The van der Waals surface area contributed by atoms with Crippen LogP contribution in [0.1, 0.15) is 48.3 Å². The van der Waals surface area contributed by atoms with Crippen LogP contribution in [0.5, 0.6) is 11.5 Å².